The lowest BCUT2D eigenvalue weighted by Gasteiger charge is -2.53. The van der Waals surface area contributed by atoms with Crippen molar-refractivity contribution in [2.75, 3.05) is 7.05 Å². The highest BCUT2D eigenvalue weighted by Crippen LogP contribution is 2.45. The quantitative estimate of drug-likeness (QED) is 0.296. The number of carbonyl (C=O) groups excluding carboxylic acids is 1. The van der Waals surface area contributed by atoms with Crippen LogP contribution in [0.4, 0.5) is 0 Å². The number of rotatable bonds is 6. The summed E-state index contributed by atoms with van der Waals surface area (Å²) >= 11 is 0. The number of piperidine rings is 1. The molecule has 3 rings (SSSR count). The van der Waals surface area contributed by atoms with Crippen LogP contribution in [0.5, 0.6) is 11.5 Å². The molecular formula is C43H66N2O4. The number of aromatic hydroxyl groups is 2. The molecule has 0 unspecified atom stereocenters. The predicted octanol–water partition coefficient (Wildman–Crippen LogP) is 9.78. The summed E-state index contributed by atoms with van der Waals surface area (Å²) in [5.41, 5.74) is 1.26. The zero-order valence-corrected chi connectivity index (χ0v) is 33.8. The molecule has 49 heavy (non-hydrogen) atoms. The standard InChI is InChI=1S/C43H66N2O4/c1-37(2,3)30-18-27(19-31(34(30)46)38(4,5)6)22-43(26-44,36(48)49-29-24-41(13,14)45(17)42(15,16)25-29)23-28-20-32(39(7,8)9)35(47)33(21-28)40(10,11)12/h18-21,29,46-47H,22-25H2,1-17H3. The molecule has 0 aromatic heterocycles. The summed E-state index contributed by atoms with van der Waals surface area (Å²) in [7, 11) is 2.12. The fourth-order valence-corrected chi connectivity index (χ4v) is 7.54. The summed E-state index contributed by atoms with van der Waals surface area (Å²) in [5.74, 6) is -0.0118. The van der Waals surface area contributed by atoms with Crippen LogP contribution in [-0.2, 0) is 44.0 Å². The molecule has 272 valence electrons. The summed E-state index contributed by atoms with van der Waals surface area (Å²) in [4.78, 5) is 17.1. The topological polar surface area (TPSA) is 93.8 Å². The summed E-state index contributed by atoms with van der Waals surface area (Å²) in [6.45, 7) is 33.4. The van der Waals surface area contributed by atoms with Crippen molar-refractivity contribution in [3.8, 4) is 17.6 Å². The molecule has 0 saturated carbocycles. The van der Waals surface area contributed by atoms with E-state index in [4.69, 9.17) is 4.74 Å². The van der Waals surface area contributed by atoms with Crippen LogP contribution in [0.25, 0.3) is 0 Å². The number of ether oxygens (including phenoxy) is 1. The summed E-state index contributed by atoms with van der Waals surface area (Å²) in [6.07, 6.45) is 1.19. The van der Waals surface area contributed by atoms with Gasteiger partial charge in [-0.1, -0.05) is 107 Å². The first-order chi connectivity index (χ1) is 21.9. The van der Waals surface area contributed by atoms with Crippen LogP contribution in [0, 0.1) is 16.7 Å². The van der Waals surface area contributed by atoms with Gasteiger partial charge in [-0.15, -0.1) is 0 Å². The second kappa shape index (κ2) is 12.9. The molecule has 1 aliphatic rings. The van der Waals surface area contributed by atoms with Crippen molar-refractivity contribution in [1.82, 2.24) is 4.90 Å². The highest BCUT2D eigenvalue weighted by atomic mass is 16.5. The van der Waals surface area contributed by atoms with Crippen LogP contribution in [0.2, 0.25) is 0 Å². The molecule has 0 amide bonds. The molecule has 1 heterocycles. The van der Waals surface area contributed by atoms with E-state index in [0.717, 1.165) is 33.4 Å². The smallest absolute Gasteiger partial charge is 0.327 e. The SMILES string of the molecule is CN1C(C)(C)CC(OC(=O)C(C#N)(Cc2cc(C(C)(C)C)c(O)c(C(C)(C)C)c2)Cc2cc(C(C)(C)C)c(O)c(C(C)(C)C)c2)CC1(C)C. The predicted molar refractivity (Wildman–Crippen MR) is 202 cm³/mol. The van der Waals surface area contributed by atoms with Crippen LogP contribution < -0.4 is 0 Å². The number of carbonyl (C=O) groups is 1. The third-order valence-electron chi connectivity index (χ3n) is 10.7. The van der Waals surface area contributed by atoms with Gasteiger partial charge in [0.05, 0.1) is 6.07 Å². The Morgan fingerprint density at radius 1 is 0.714 bits per heavy atom. The maximum absolute atomic E-state index is 14.8. The molecule has 0 radical (unpaired) electrons. The van der Waals surface area contributed by atoms with Gasteiger partial charge in [0.1, 0.15) is 17.6 Å². The van der Waals surface area contributed by atoms with Crippen LogP contribution >= 0.6 is 0 Å². The minimum absolute atomic E-state index is 0.116. The Kier molecular flexibility index (Phi) is 10.7. The molecule has 1 aliphatic heterocycles. The van der Waals surface area contributed by atoms with Gasteiger partial charge in [-0.05, 0) is 89.8 Å². The van der Waals surface area contributed by atoms with E-state index in [1.54, 1.807) is 0 Å². The maximum atomic E-state index is 14.8. The third-order valence-corrected chi connectivity index (χ3v) is 10.7. The zero-order chi connectivity index (χ0) is 37.9. The molecule has 1 fully saturated rings. The second-order valence-corrected chi connectivity index (χ2v) is 20.2. The van der Waals surface area contributed by atoms with E-state index < -0.39 is 11.4 Å². The summed E-state index contributed by atoms with van der Waals surface area (Å²) in [5, 5.41) is 34.2. The van der Waals surface area contributed by atoms with E-state index in [9.17, 15) is 20.3 Å². The molecule has 1 saturated heterocycles. The number of likely N-dealkylation sites (tertiary alicyclic amines) is 1. The number of hydrogen-bond donors (Lipinski definition) is 2. The van der Waals surface area contributed by atoms with E-state index in [0.29, 0.717) is 12.8 Å². The van der Waals surface area contributed by atoms with Crippen LogP contribution in [-0.4, -0.2) is 45.3 Å². The molecule has 0 spiro atoms. The molecule has 6 heteroatoms. The fourth-order valence-electron chi connectivity index (χ4n) is 7.54. The number of benzene rings is 2. The number of esters is 1. The van der Waals surface area contributed by atoms with Crippen molar-refractivity contribution in [3.63, 3.8) is 0 Å². The summed E-state index contributed by atoms with van der Waals surface area (Å²) < 4.78 is 6.46. The zero-order valence-electron chi connectivity index (χ0n) is 33.8. The van der Waals surface area contributed by atoms with Gasteiger partial charge in [0.15, 0.2) is 5.41 Å². The largest absolute Gasteiger partial charge is 0.507 e. The lowest BCUT2D eigenvalue weighted by atomic mass is 9.72. The Morgan fingerprint density at radius 2 is 1.00 bits per heavy atom. The van der Waals surface area contributed by atoms with Crippen molar-refractivity contribution in [2.45, 2.75) is 175 Å². The highest BCUT2D eigenvalue weighted by molar-refractivity contribution is 5.81. The molecule has 6 nitrogen and oxygen atoms in total. The van der Waals surface area contributed by atoms with E-state index in [2.05, 4.69) is 129 Å². The van der Waals surface area contributed by atoms with E-state index >= 15 is 0 Å². The van der Waals surface area contributed by atoms with Crippen LogP contribution in [0.15, 0.2) is 24.3 Å². The van der Waals surface area contributed by atoms with Crippen molar-refractivity contribution in [2.24, 2.45) is 5.41 Å². The van der Waals surface area contributed by atoms with Crippen molar-refractivity contribution in [3.05, 3.63) is 57.6 Å². The van der Waals surface area contributed by atoms with Crippen molar-refractivity contribution in [1.29, 1.82) is 5.26 Å². The molecule has 0 atom stereocenters. The molecule has 0 aliphatic carbocycles. The van der Waals surface area contributed by atoms with E-state index in [1.807, 2.05) is 24.3 Å². The summed E-state index contributed by atoms with van der Waals surface area (Å²) in [6, 6.07) is 10.4. The van der Waals surface area contributed by atoms with Gasteiger partial charge >= 0.3 is 5.97 Å². The Balaban J connectivity index is 2.30. The lowest BCUT2D eigenvalue weighted by Crippen LogP contribution is -2.60. The van der Waals surface area contributed by atoms with Crippen LogP contribution in [0.3, 0.4) is 0 Å². The second-order valence-electron chi connectivity index (χ2n) is 20.2. The fraction of sp³-hybridized carbons (Fsp3) is 0.674. The molecule has 0 bridgehead atoms. The van der Waals surface area contributed by atoms with Gasteiger partial charge in [0.2, 0.25) is 0 Å². The van der Waals surface area contributed by atoms with Gasteiger partial charge in [0, 0.05) is 36.8 Å². The minimum atomic E-state index is -1.57. The normalized spacial score (nSPS) is 17.9. The van der Waals surface area contributed by atoms with Gasteiger partial charge in [0.25, 0.3) is 0 Å². The first kappa shape index (κ1) is 40.4. The van der Waals surface area contributed by atoms with Gasteiger partial charge in [-0.3, -0.25) is 9.69 Å². The third kappa shape index (κ3) is 8.65. The monoisotopic (exact) mass is 675 g/mol. The number of phenolic OH excluding ortho intramolecular Hbond substituents is 2. The first-order valence-electron chi connectivity index (χ1n) is 18.0. The molecule has 2 aromatic carbocycles. The maximum Gasteiger partial charge on any atom is 0.327 e. The van der Waals surface area contributed by atoms with E-state index in [-0.39, 0.29) is 63.2 Å². The average Bonchev–Trinajstić information content (AvgIpc) is 2.90. The first-order valence-corrected chi connectivity index (χ1v) is 18.0. The van der Waals surface area contributed by atoms with Gasteiger partial charge in [-0.2, -0.15) is 5.26 Å². The molecule has 2 aromatic rings. The van der Waals surface area contributed by atoms with Gasteiger partial charge in [-0.25, -0.2) is 0 Å². The number of nitriles is 1. The number of phenols is 2. The Labute approximate surface area is 298 Å². The van der Waals surface area contributed by atoms with E-state index in [1.165, 1.54) is 0 Å². The average molecular weight is 675 g/mol. The number of nitrogens with zero attached hydrogens (tertiary/aromatic N) is 2. The molecule has 2 N–H and O–H groups in total. The van der Waals surface area contributed by atoms with Crippen molar-refractivity contribution >= 4 is 5.97 Å². The Hall–Kier alpha value is -3.04. The molecular weight excluding hydrogens is 608 g/mol. The minimum Gasteiger partial charge on any atom is -0.507 e. The Morgan fingerprint density at radius 3 is 1.24 bits per heavy atom. The highest BCUT2D eigenvalue weighted by Gasteiger charge is 2.48. The number of hydrogen-bond acceptors (Lipinski definition) is 6. The van der Waals surface area contributed by atoms with Gasteiger partial charge < -0.3 is 14.9 Å². The lowest BCUT2D eigenvalue weighted by molar-refractivity contribution is -0.167. The van der Waals surface area contributed by atoms with Crippen LogP contribution in [0.1, 0.15) is 157 Å². The van der Waals surface area contributed by atoms with Crippen molar-refractivity contribution < 1.29 is 19.7 Å². The Bertz CT molecular complexity index is 1420.